The van der Waals surface area contributed by atoms with Gasteiger partial charge in [0.15, 0.2) is 0 Å². The maximum Gasteiger partial charge on any atom is 0.225 e. The molecule has 1 saturated heterocycles. The number of aromatic nitrogens is 2. The van der Waals surface area contributed by atoms with Gasteiger partial charge in [0.25, 0.3) is 0 Å². The molecule has 0 atom stereocenters. The first kappa shape index (κ1) is 13.9. The van der Waals surface area contributed by atoms with Crippen LogP contribution < -0.4 is 10.2 Å². The lowest BCUT2D eigenvalue weighted by molar-refractivity contribution is 0.915. The number of hydrogen-bond donors (Lipinski definition) is 1. The first-order valence-corrected chi connectivity index (χ1v) is 7.61. The van der Waals surface area contributed by atoms with Crippen LogP contribution in [0.4, 0.5) is 11.8 Å². The van der Waals surface area contributed by atoms with Crippen molar-refractivity contribution in [3.8, 4) is 0 Å². The van der Waals surface area contributed by atoms with Crippen molar-refractivity contribution in [1.29, 1.82) is 0 Å². The van der Waals surface area contributed by atoms with Crippen LogP contribution in [0, 0.1) is 13.8 Å². The monoisotopic (exact) mass is 282 g/mol. The molecule has 4 nitrogen and oxygen atoms in total. The van der Waals surface area contributed by atoms with E-state index in [1.807, 2.05) is 6.92 Å². The van der Waals surface area contributed by atoms with E-state index in [1.165, 1.54) is 24.0 Å². The van der Waals surface area contributed by atoms with Gasteiger partial charge in [0.05, 0.1) is 0 Å². The summed E-state index contributed by atoms with van der Waals surface area (Å²) >= 11 is 0. The molecule has 4 heteroatoms. The lowest BCUT2D eigenvalue weighted by Crippen LogP contribution is -2.20. The molecule has 1 aromatic heterocycles. The third kappa shape index (κ3) is 3.32. The van der Waals surface area contributed by atoms with Crippen molar-refractivity contribution in [2.24, 2.45) is 0 Å². The Morgan fingerprint density at radius 3 is 2.62 bits per heavy atom. The average molecular weight is 282 g/mol. The summed E-state index contributed by atoms with van der Waals surface area (Å²) in [5.41, 5.74) is 3.59. The van der Waals surface area contributed by atoms with Gasteiger partial charge in [0.2, 0.25) is 5.95 Å². The third-order valence-electron chi connectivity index (χ3n) is 3.97. The molecule has 1 aliphatic rings. The van der Waals surface area contributed by atoms with Crippen LogP contribution in [0.3, 0.4) is 0 Å². The molecule has 110 valence electrons. The molecule has 3 rings (SSSR count). The van der Waals surface area contributed by atoms with Crippen LogP contribution in [0.15, 0.2) is 30.3 Å². The SMILES string of the molecule is Cc1cc(N2CCCC2)nc(NCc2ccccc2C)n1. The second-order valence-corrected chi connectivity index (χ2v) is 5.67. The second kappa shape index (κ2) is 6.12. The highest BCUT2D eigenvalue weighted by molar-refractivity contribution is 5.45. The highest BCUT2D eigenvalue weighted by Gasteiger charge is 2.15. The Balaban J connectivity index is 1.74. The summed E-state index contributed by atoms with van der Waals surface area (Å²) in [7, 11) is 0. The number of nitrogens with one attached hydrogen (secondary N) is 1. The molecule has 0 unspecified atom stereocenters. The fourth-order valence-electron chi connectivity index (χ4n) is 2.72. The van der Waals surface area contributed by atoms with E-state index < -0.39 is 0 Å². The largest absolute Gasteiger partial charge is 0.356 e. The van der Waals surface area contributed by atoms with E-state index in [0.717, 1.165) is 37.1 Å². The van der Waals surface area contributed by atoms with Crippen LogP contribution >= 0.6 is 0 Å². The van der Waals surface area contributed by atoms with Gasteiger partial charge in [-0.05, 0) is 37.8 Å². The summed E-state index contributed by atoms with van der Waals surface area (Å²) in [5, 5.41) is 3.36. The zero-order chi connectivity index (χ0) is 14.7. The average Bonchev–Trinajstić information content (AvgIpc) is 3.00. The lowest BCUT2D eigenvalue weighted by Gasteiger charge is -2.18. The Morgan fingerprint density at radius 2 is 1.86 bits per heavy atom. The maximum absolute atomic E-state index is 4.66. The minimum absolute atomic E-state index is 0.722. The molecule has 1 N–H and O–H groups in total. The third-order valence-corrected chi connectivity index (χ3v) is 3.97. The van der Waals surface area contributed by atoms with Gasteiger partial charge in [-0.2, -0.15) is 4.98 Å². The van der Waals surface area contributed by atoms with E-state index in [9.17, 15) is 0 Å². The summed E-state index contributed by atoms with van der Waals surface area (Å²) in [6, 6.07) is 10.5. The van der Waals surface area contributed by atoms with Crippen LogP contribution in [-0.4, -0.2) is 23.1 Å². The molecule has 2 aromatic rings. The molecule has 0 aliphatic carbocycles. The van der Waals surface area contributed by atoms with Crippen molar-refractivity contribution >= 4 is 11.8 Å². The molecule has 0 saturated carbocycles. The van der Waals surface area contributed by atoms with Gasteiger partial charge in [-0.1, -0.05) is 24.3 Å². The van der Waals surface area contributed by atoms with Gasteiger partial charge < -0.3 is 10.2 Å². The zero-order valence-corrected chi connectivity index (χ0v) is 12.8. The normalized spacial score (nSPS) is 14.5. The number of rotatable bonds is 4. The predicted octanol–water partition coefficient (Wildman–Crippen LogP) is 3.31. The summed E-state index contributed by atoms with van der Waals surface area (Å²) in [5.74, 6) is 1.77. The molecular weight excluding hydrogens is 260 g/mol. The van der Waals surface area contributed by atoms with Crippen LogP contribution in [0.2, 0.25) is 0 Å². The number of hydrogen-bond acceptors (Lipinski definition) is 4. The first-order chi connectivity index (χ1) is 10.2. The van der Waals surface area contributed by atoms with Gasteiger partial charge in [0.1, 0.15) is 5.82 Å². The van der Waals surface area contributed by atoms with Crippen molar-refractivity contribution in [1.82, 2.24) is 9.97 Å². The molecule has 21 heavy (non-hydrogen) atoms. The van der Waals surface area contributed by atoms with E-state index in [2.05, 4.69) is 57.4 Å². The molecule has 2 heterocycles. The van der Waals surface area contributed by atoms with E-state index in [4.69, 9.17) is 0 Å². The molecule has 1 fully saturated rings. The highest BCUT2D eigenvalue weighted by atomic mass is 15.2. The molecular formula is C17H22N4. The van der Waals surface area contributed by atoms with Gasteiger partial charge in [-0.25, -0.2) is 4.98 Å². The molecule has 0 spiro atoms. The Labute approximate surface area is 126 Å². The van der Waals surface area contributed by atoms with Crippen LogP contribution in [0.1, 0.15) is 29.7 Å². The quantitative estimate of drug-likeness (QED) is 0.934. The van der Waals surface area contributed by atoms with Gasteiger partial charge in [0, 0.05) is 31.4 Å². The number of nitrogens with zero attached hydrogens (tertiary/aromatic N) is 3. The summed E-state index contributed by atoms with van der Waals surface area (Å²) in [4.78, 5) is 11.5. The topological polar surface area (TPSA) is 41.1 Å². The van der Waals surface area contributed by atoms with Crippen molar-refractivity contribution in [2.75, 3.05) is 23.3 Å². The summed E-state index contributed by atoms with van der Waals surface area (Å²) in [6.45, 7) is 7.13. The smallest absolute Gasteiger partial charge is 0.225 e. The summed E-state index contributed by atoms with van der Waals surface area (Å²) < 4.78 is 0. The molecule has 1 aromatic carbocycles. The summed E-state index contributed by atoms with van der Waals surface area (Å²) in [6.07, 6.45) is 2.52. The van der Waals surface area contributed by atoms with Crippen molar-refractivity contribution < 1.29 is 0 Å². The van der Waals surface area contributed by atoms with E-state index in [-0.39, 0.29) is 0 Å². The predicted molar refractivity (Wildman–Crippen MR) is 86.7 cm³/mol. The Kier molecular flexibility index (Phi) is 4.04. The standard InChI is InChI=1S/C17H22N4/c1-13-7-3-4-8-15(13)12-18-17-19-14(2)11-16(20-17)21-9-5-6-10-21/h3-4,7-8,11H,5-6,9-10,12H2,1-2H3,(H,18,19,20). The molecule has 0 bridgehead atoms. The van der Waals surface area contributed by atoms with E-state index in [0.29, 0.717) is 0 Å². The Bertz CT molecular complexity index is 618. The minimum Gasteiger partial charge on any atom is -0.356 e. The minimum atomic E-state index is 0.722. The van der Waals surface area contributed by atoms with Crippen LogP contribution in [0.5, 0.6) is 0 Å². The molecule has 0 radical (unpaired) electrons. The number of benzene rings is 1. The fraction of sp³-hybridized carbons (Fsp3) is 0.412. The van der Waals surface area contributed by atoms with Crippen molar-refractivity contribution in [2.45, 2.75) is 33.2 Å². The Hall–Kier alpha value is -2.10. The lowest BCUT2D eigenvalue weighted by atomic mass is 10.1. The van der Waals surface area contributed by atoms with Crippen LogP contribution in [-0.2, 0) is 6.54 Å². The first-order valence-electron chi connectivity index (χ1n) is 7.61. The maximum atomic E-state index is 4.66. The van der Waals surface area contributed by atoms with Crippen LogP contribution in [0.25, 0.3) is 0 Å². The van der Waals surface area contributed by atoms with Gasteiger partial charge in [-0.15, -0.1) is 0 Å². The second-order valence-electron chi connectivity index (χ2n) is 5.67. The van der Waals surface area contributed by atoms with Crippen molar-refractivity contribution in [3.05, 3.63) is 47.2 Å². The molecule has 0 amide bonds. The zero-order valence-electron chi connectivity index (χ0n) is 12.8. The molecule has 1 aliphatic heterocycles. The van der Waals surface area contributed by atoms with Gasteiger partial charge in [-0.3, -0.25) is 0 Å². The number of anilines is 2. The highest BCUT2D eigenvalue weighted by Crippen LogP contribution is 2.20. The van der Waals surface area contributed by atoms with Crippen molar-refractivity contribution in [3.63, 3.8) is 0 Å². The van der Waals surface area contributed by atoms with E-state index >= 15 is 0 Å². The fourth-order valence-corrected chi connectivity index (χ4v) is 2.72. The van der Waals surface area contributed by atoms with Gasteiger partial charge >= 0.3 is 0 Å². The van der Waals surface area contributed by atoms with E-state index in [1.54, 1.807) is 0 Å². The number of aryl methyl sites for hydroxylation is 2. The Morgan fingerprint density at radius 1 is 1.10 bits per heavy atom.